The normalized spacial score (nSPS) is 15.8. The van der Waals surface area contributed by atoms with E-state index in [9.17, 15) is 14.7 Å². The van der Waals surface area contributed by atoms with E-state index in [-0.39, 0.29) is 18.4 Å². The van der Waals surface area contributed by atoms with Gasteiger partial charge in [0.2, 0.25) is 0 Å². The lowest BCUT2D eigenvalue weighted by atomic mass is 10.1. The van der Waals surface area contributed by atoms with Crippen LogP contribution in [0.1, 0.15) is 34.1 Å². The molecule has 0 aromatic heterocycles. The molecule has 1 aromatic rings. The summed E-state index contributed by atoms with van der Waals surface area (Å²) in [5.74, 6) is -0.648. The molecule has 1 heterocycles. The quantitative estimate of drug-likeness (QED) is 0.583. The maximum Gasteiger partial charge on any atom is 0.261 e. The van der Waals surface area contributed by atoms with Crippen LogP contribution in [-0.2, 0) is 0 Å². The third-order valence-corrected chi connectivity index (χ3v) is 3.08. The van der Waals surface area contributed by atoms with E-state index in [1.807, 2.05) is 6.92 Å². The summed E-state index contributed by atoms with van der Waals surface area (Å²) in [4.78, 5) is 25.2. The minimum Gasteiger partial charge on any atom is -0.390 e. The smallest absolute Gasteiger partial charge is 0.261 e. The first-order valence-corrected chi connectivity index (χ1v) is 6.49. The zero-order valence-electron chi connectivity index (χ0n) is 10.9. The minimum atomic E-state index is -0.742. The number of nitrogens with zero attached hydrogens (tertiary/aromatic N) is 1. The third kappa shape index (κ3) is 2.83. The number of rotatable bonds is 6. The number of β-amino-alcohol motifs (C(OH)–C–C–N with tert-alkyl or cyclic N) is 1. The fourth-order valence-electron chi connectivity index (χ4n) is 2.13. The Bertz CT molecular complexity index is 452. The van der Waals surface area contributed by atoms with Crippen molar-refractivity contribution in [3.05, 3.63) is 35.4 Å². The highest BCUT2D eigenvalue weighted by atomic mass is 16.3. The van der Waals surface area contributed by atoms with Gasteiger partial charge in [0.15, 0.2) is 0 Å². The van der Waals surface area contributed by atoms with E-state index in [2.05, 4.69) is 5.32 Å². The van der Waals surface area contributed by atoms with E-state index >= 15 is 0 Å². The highest BCUT2D eigenvalue weighted by molar-refractivity contribution is 6.21. The molecule has 0 saturated heterocycles. The SMILES string of the molecule is CCCNCC(O)CN1C(=O)c2ccccc2C1=O. The van der Waals surface area contributed by atoms with Crippen molar-refractivity contribution in [3.8, 4) is 0 Å². The van der Waals surface area contributed by atoms with Crippen molar-refractivity contribution in [3.63, 3.8) is 0 Å². The highest BCUT2D eigenvalue weighted by Crippen LogP contribution is 2.22. The van der Waals surface area contributed by atoms with Crippen LogP contribution >= 0.6 is 0 Å². The van der Waals surface area contributed by atoms with E-state index in [0.29, 0.717) is 17.7 Å². The molecular weight excluding hydrogens is 244 g/mol. The van der Waals surface area contributed by atoms with Crippen molar-refractivity contribution >= 4 is 11.8 Å². The molecule has 0 saturated carbocycles. The molecule has 1 unspecified atom stereocenters. The Kier molecular flexibility index (Phi) is 4.29. The summed E-state index contributed by atoms with van der Waals surface area (Å²) in [6, 6.07) is 6.73. The summed E-state index contributed by atoms with van der Waals surface area (Å²) in [7, 11) is 0. The zero-order valence-corrected chi connectivity index (χ0v) is 10.9. The number of nitrogens with one attached hydrogen (secondary N) is 1. The van der Waals surface area contributed by atoms with Crippen molar-refractivity contribution in [2.75, 3.05) is 19.6 Å². The lowest BCUT2D eigenvalue weighted by Gasteiger charge is -2.18. The van der Waals surface area contributed by atoms with Gasteiger partial charge in [0.25, 0.3) is 11.8 Å². The maximum absolute atomic E-state index is 12.0. The van der Waals surface area contributed by atoms with E-state index in [1.165, 1.54) is 0 Å². The predicted octanol–water partition coefficient (Wildman–Crippen LogP) is 0.643. The Morgan fingerprint density at radius 2 is 1.79 bits per heavy atom. The van der Waals surface area contributed by atoms with E-state index < -0.39 is 6.10 Å². The molecule has 5 nitrogen and oxygen atoms in total. The average molecular weight is 262 g/mol. The van der Waals surface area contributed by atoms with Crippen molar-refractivity contribution in [2.24, 2.45) is 0 Å². The first-order valence-electron chi connectivity index (χ1n) is 6.49. The second-order valence-corrected chi connectivity index (χ2v) is 4.62. The summed E-state index contributed by atoms with van der Waals surface area (Å²) in [6.45, 7) is 3.24. The monoisotopic (exact) mass is 262 g/mol. The average Bonchev–Trinajstić information content (AvgIpc) is 2.65. The van der Waals surface area contributed by atoms with E-state index in [0.717, 1.165) is 17.9 Å². The standard InChI is InChI=1S/C14H18N2O3/c1-2-7-15-8-10(17)9-16-13(18)11-5-3-4-6-12(11)14(16)19/h3-6,10,15,17H,2,7-9H2,1H3. The molecule has 19 heavy (non-hydrogen) atoms. The highest BCUT2D eigenvalue weighted by Gasteiger charge is 2.35. The van der Waals surface area contributed by atoms with Crippen LogP contribution in [0.4, 0.5) is 0 Å². The van der Waals surface area contributed by atoms with Gasteiger partial charge < -0.3 is 10.4 Å². The van der Waals surface area contributed by atoms with Gasteiger partial charge in [-0.2, -0.15) is 0 Å². The number of aliphatic hydroxyl groups is 1. The summed E-state index contributed by atoms with van der Waals surface area (Å²) >= 11 is 0. The maximum atomic E-state index is 12.0. The number of aliphatic hydroxyl groups excluding tert-OH is 1. The Morgan fingerprint density at radius 1 is 1.21 bits per heavy atom. The van der Waals surface area contributed by atoms with Crippen LogP contribution in [-0.4, -0.2) is 47.6 Å². The lowest BCUT2D eigenvalue weighted by molar-refractivity contribution is 0.0544. The van der Waals surface area contributed by atoms with Crippen molar-refractivity contribution in [1.29, 1.82) is 0 Å². The Hall–Kier alpha value is -1.72. The molecule has 2 rings (SSSR count). The van der Waals surface area contributed by atoms with Gasteiger partial charge in [-0.1, -0.05) is 19.1 Å². The molecule has 1 aromatic carbocycles. The minimum absolute atomic E-state index is 0.0308. The molecule has 1 aliphatic heterocycles. The second kappa shape index (κ2) is 5.95. The molecular formula is C14H18N2O3. The Labute approximate surface area is 112 Å². The number of hydrogen-bond donors (Lipinski definition) is 2. The molecule has 0 spiro atoms. The first kappa shape index (κ1) is 13.7. The number of benzene rings is 1. The topological polar surface area (TPSA) is 69.6 Å². The van der Waals surface area contributed by atoms with Gasteiger partial charge in [0, 0.05) is 6.54 Å². The molecule has 0 bridgehead atoms. The Morgan fingerprint density at radius 3 is 2.32 bits per heavy atom. The first-order chi connectivity index (χ1) is 9.15. The van der Waals surface area contributed by atoms with Gasteiger partial charge in [-0.15, -0.1) is 0 Å². The number of imide groups is 1. The van der Waals surface area contributed by atoms with E-state index in [4.69, 9.17) is 0 Å². The molecule has 2 N–H and O–H groups in total. The van der Waals surface area contributed by atoms with Crippen LogP contribution in [0.2, 0.25) is 0 Å². The van der Waals surface area contributed by atoms with Crippen LogP contribution in [0.15, 0.2) is 24.3 Å². The molecule has 5 heteroatoms. The molecule has 0 fully saturated rings. The van der Waals surface area contributed by atoms with Crippen molar-refractivity contribution in [1.82, 2.24) is 10.2 Å². The molecule has 102 valence electrons. The van der Waals surface area contributed by atoms with Gasteiger partial charge in [-0.25, -0.2) is 0 Å². The van der Waals surface area contributed by atoms with Crippen molar-refractivity contribution in [2.45, 2.75) is 19.4 Å². The summed E-state index contributed by atoms with van der Waals surface area (Å²) < 4.78 is 0. The number of carbonyl (C=O) groups is 2. The fourth-order valence-corrected chi connectivity index (χ4v) is 2.13. The fraction of sp³-hybridized carbons (Fsp3) is 0.429. The van der Waals surface area contributed by atoms with Gasteiger partial charge in [-0.05, 0) is 25.1 Å². The van der Waals surface area contributed by atoms with Crippen LogP contribution < -0.4 is 5.32 Å². The van der Waals surface area contributed by atoms with Gasteiger partial charge in [0.05, 0.1) is 23.8 Å². The number of hydrogen-bond acceptors (Lipinski definition) is 4. The molecule has 0 aliphatic carbocycles. The Balaban J connectivity index is 2.00. The van der Waals surface area contributed by atoms with Crippen LogP contribution in [0, 0.1) is 0 Å². The van der Waals surface area contributed by atoms with Gasteiger partial charge in [-0.3, -0.25) is 14.5 Å². The lowest BCUT2D eigenvalue weighted by Crippen LogP contribution is -2.41. The summed E-state index contributed by atoms with van der Waals surface area (Å²) in [6.07, 6.45) is 0.230. The molecule has 1 atom stereocenters. The summed E-state index contributed by atoms with van der Waals surface area (Å²) in [5, 5.41) is 12.9. The zero-order chi connectivity index (χ0) is 13.8. The summed E-state index contributed by atoms with van der Waals surface area (Å²) in [5.41, 5.74) is 0.836. The molecule has 0 radical (unpaired) electrons. The molecule has 1 aliphatic rings. The number of fused-ring (bicyclic) bond motifs is 1. The van der Waals surface area contributed by atoms with Gasteiger partial charge in [0.1, 0.15) is 0 Å². The van der Waals surface area contributed by atoms with Crippen LogP contribution in [0.25, 0.3) is 0 Å². The van der Waals surface area contributed by atoms with Crippen molar-refractivity contribution < 1.29 is 14.7 Å². The predicted molar refractivity (Wildman–Crippen MR) is 71.0 cm³/mol. The van der Waals surface area contributed by atoms with E-state index in [1.54, 1.807) is 24.3 Å². The third-order valence-electron chi connectivity index (χ3n) is 3.08. The number of carbonyl (C=O) groups excluding carboxylic acids is 2. The second-order valence-electron chi connectivity index (χ2n) is 4.62. The van der Waals surface area contributed by atoms with Crippen LogP contribution in [0.3, 0.4) is 0 Å². The largest absolute Gasteiger partial charge is 0.390 e. The van der Waals surface area contributed by atoms with Crippen LogP contribution in [0.5, 0.6) is 0 Å². The number of amides is 2. The molecule has 2 amide bonds. The van der Waals surface area contributed by atoms with Gasteiger partial charge >= 0.3 is 0 Å².